The lowest BCUT2D eigenvalue weighted by Crippen LogP contribution is -2.10. The maximum atomic E-state index is 5.86. The van der Waals surface area contributed by atoms with Gasteiger partial charge in [0.1, 0.15) is 5.03 Å². The minimum Gasteiger partial charge on any atom is -0.326 e. The Bertz CT molecular complexity index is 390. The lowest BCUT2D eigenvalue weighted by molar-refractivity contribution is 0.656. The van der Waals surface area contributed by atoms with Gasteiger partial charge >= 0.3 is 0 Å². The molecule has 0 radical (unpaired) electrons. The maximum Gasteiger partial charge on any atom is 0.101 e. The first-order chi connectivity index (χ1) is 8.85. The van der Waals surface area contributed by atoms with Gasteiger partial charge in [-0.2, -0.15) is 0 Å². The van der Waals surface area contributed by atoms with Crippen molar-refractivity contribution in [1.29, 1.82) is 0 Å². The Labute approximate surface area is 115 Å². The van der Waals surface area contributed by atoms with Gasteiger partial charge < -0.3 is 5.73 Å². The molecule has 2 N–H and O–H groups in total. The van der Waals surface area contributed by atoms with E-state index in [1.807, 2.05) is 11.8 Å². The summed E-state index contributed by atoms with van der Waals surface area (Å²) in [5, 5.41) is 1.19. The van der Waals surface area contributed by atoms with Gasteiger partial charge in [0.05, 0.1) is 0 Å². The highest BCUT2D eigenvalue weighted by atomic mass is 32.2. The van der Waals surface area contributed by atoms with Crippen LogP contribution in [0.3, 0.4) is 0 Å². The van der Waals surface area contributed by atoms with Crippen molar-refractivity contribution in [3.63, 3.8) is 0 Å². The zero-order chi connectivity index (χ0) is 12.8. The molecule has 1 aliphatic carbocycles. The second kappa shape index (κ2) is 7.15. The van der Waals surface area contributed by atoms with Crippen molar-refractivity contribution < 1.29 is 0 Å². The van der Waals surface area contributed by atoms with Crippen LogP contribution in [0.1, 0.15) is 55.8 Å². The van der Waals surface area contributed by atoms with Crippen LogP contribution in [-0.2, 0) is 19.4 Å². The minimum absolute atomic E-state index is 0.621. The van der Waals surface area contributed by atoms with Crippen molar-refractivity contribution in [2.75, 3.05) is 5.75 Å². The monoisotopic (exact) mass is 264 g/mol. The van der Waals surface area contributed by atoms with Gasteiger partial charge in [0.15, 0.2) is 0 Å². The van der Waals surface area contributed by atoms with E-state index in [-0.39, 0.29) is 0 Å². The van der Waals surface area contributed by atoms with E-state index >= 15 is 0 Å². The predicted molar refractivity (Wildman–Crippen MR) is 79.0 cm³/mol. The molecule has 1 aromatic heterocycles. The molecule has 2 rings (SSSR count). The molecule has 0 aliphatic heterocycles. The standard InChI is InChI=1S/C15H24N2S/c1-2-3-6-9-18-15-13(11-16)10-12-7-4-5-8-14(12)17-15/h10H,2-9,11,16H2,1H3. The second-order valence-corrected chi connectivity index (χ2v) is 6.11. The van der Waals surface area contributed by atoms with E-state index in [9.17, 15) is 0 Å². The van der Waals surface area contributed by atoms with Crippen LogP contribution in [-0.4, -0.2) is 10.7 Å². The molecule has 0 bridgehead atoms. The molecular formula is C15H24N2S. The highest BCUT2D eigenvalue weighted by Gasteiger charge is 2.14. The number of pyridine rings is 1. The Hall–Kier alpha value is -0.540. The average Bonchev–Trinajstić information content (AvgIpc) is 2.42. The molecule has 0 aromatic carbocycles. The lowest BCUT2D eigenvalue weighted by atomic mass is 9.95. The smallest absolute Gasteiger partial charge is 0.101 e. The summed E-state index contributed by atoms with van der Waals surface area (Å²) >= 11 is 1.89. The third kappa shape index (κ3) is 3.48. The fraction of sp³-hybridized carbons (Fsp3) is 0.667. The summed E-state index contributed by atoms with van der Waals surface area (Å²) in [4.78, 5) is 4.86. The summed E-state index contributed by atoms with van der Waals surface area (Å²) in [6, 6.07) is 2.31. The van der Waals surface area contributed by atoms with E-state index in [1.54, 1.807) is 0 Å². The lowest BCUT2D eigenvalue weighted by Gasteiger charge is -2.18. The Morgan fingerprint density at radius 1 is 1.28 bits per heavy atom. The van der Waals surface area contributed by atoms with Crippen LogP contribution in [0.4, 0.5) is 0 Å². The fourth-order valence-electron chi connectivity index (χ4n) is 2.45. The van der Waals surface area contributed by atoms with Crippen LogP contribution in [0.15, 0.2) is 11.1 Å². The number of aryl methyl sites for hydroxylation is 2. The summed E-state index contributed by atoms with van der Waals surface area (Å²) in [6.07, 6.45) is 8.82. The van der Waals surface area contributed by atoms with Crippen LogP contribution < -0.4 is 5.73 Å². The number of thioether (sulfide) groups is 1. The first kappa shape index (κ1) is 13.9. The van der Waals surface area contributed by atoms with Gasteiger partial charge in [-0.1, -0.05) is 25.8 Å². The number of nitrogens with zero attached hydrogens (tertiary/aromatic N) is 1. The number of fused-ring (bicyclic) bond motifs is 1. The van der Waals surface area contributed by atoms with Crippen LogP contribution in [0.5, 0.6) is 0 Å². The van der Waals surface area contributed by atoms with Crippen molar-refractivity contribution in [3.8, 4) is 0 Å². The van der Waals surface area contributed by atoms with Crippen LogP contribution in [0.25, 0.3) is 0 Å². The van der Waals surface area contributed by atoms with Crippen LogP contribution >= 0.6 is 11.8 Å². The molecule has 1 aromatic rings. The molecule has 3 heteroatoms. The Morgan fingerprint density at radius 2 is 2.11 bits per heavy atom. The number of nitrogens with two attached hydrogens (primary N) is 1. The van der Waals surface area contributed by atoms with E-state index in [4.69, 9.17) is 10.7 Å². The SMILES string of the molecule is CCCCCSc1nc2c(cc1CN)CCCC2. The predicted octanol–water partition coefficient (Wildman–Crippen LogP) is 3.70. The summed E-state index contributed by atoms with van der Waals surface area (Å²) in [5.41, 5.74) is 9.88. The first-order valence-corrected chi connectivity index (χ1v) is 8.18. The topological polar surface area (TPSA) is 38.9 Å². The molecule has 0 saturated carbocycles. The molecule has 100 valence electrons. The number of rotatable bonds is 6. The molecule has 0 amide bonds. The number of unbranched alkanes of at least 4 members (excludes halogenated alkanes) is 2. The number of hydrogen-bond donors (Lipinski definition) is 1. The average molecular weight is 264 g/mol. The van der Waals surface area contributed by atoms with E-state index in [0.717, 1.165) is 6.42 Å². The highest BCUT2D eigenvalue weighted by molar-refractivity contribution is 7.99. The summed E-state index contributed by atoms with van der Waals surface area (Å²) in [5.74, 6) is 1.17. The van der Waals surface area contributed by atoms with Crippen LogP contribution in [0, 0.1) is 0 Å². The van der Waals surface area contributed by atoms with Gasteiger partial charge in [0.25, 0.3) is 0 Å². The van der Waals surface area contributed by atoms with Gasteiger partial charge in [-0.25, -0.2) is 4.98 Å². The van der Waals surface area contributed by atoms with Gasteiger partial charge in [0.2, 0.25) is 0 Å². The molecule has 0 fully saturated rings. The van der Waals surface area contributed by atoms with Crippen molar-refractivity contribution >= 4 is 11.8 Å². The molecule has 2 nitrogen and oxygen atoms in total. The first-order valence-electron chi connectivity index (χ1n) is 7.19. The Morgan fingerprint density at radius 3 is 2.89 bits per heavy atom. The van der Waals surface area contributed by atoms with Crippen molar-refractivity contribution in [2.24, 2.45) is 5.73 Å². The molecule has 0 saturated heterocycles. The third-order valence-corrected chi connectivity index (χ3v) is 4.67. The normalized spacial score (nSPS) is 14.6. The summed E-state index contributed by atoms with van der Waals surface area (Å²) in [6.45, 7) is 2.86. The van der Waals surface area contributed by atoms with Crippen molar-refractivity contribution in [1.82, 2.24) is 4.98 Å². The molecular weight excluding hydrogens is 240 g/mol. The largest absolute Gasteiger partial charge is 0.326 e. The van der Waals surface area contributed by atoms with E-state index in [2.05, 4.69) is 13.0 Å². The van der Waals surface area contributed by atoms with Gasteiger partial charge in [0, 0.05) is 12.2 Å². The Kier molecular flexibility index (Phi) is 5.51. The zero-order valence-electron chi connectivity index (χ0n) is 11.4. The quantitative estimate of drug-likeness (QED) is 0.629. The maximum absolute atomic E-state index is 5.86. The zero-order valence-corrected chi connectivity index (χ0v) is 12.2. The number of aromatic nitrogens is 1. The van der Waals surface area contributed by atoms with E-state index in [0.29, 0.717) is 6.54 Å². The van der Waals surface area contributed by atoms with Crippen LogP contribution in [0.2, 0.25) is 0 Å². The number of hydrogen-bond acceptors (Lipinski definition) is 3. The Balaban J connectivity index is 2.07. The molecule has 0 atom stereocenters. The van der Waals surface area contributed by atoms with Gasteiger partial charge in [-0.3, -0.25) is 0 Å². The second-order valence-electron chi connectivity index (χ2n) is 5.03. The highest BCUT2D eigenvalue weighted by Crippen LogP contribution is 2.28. The molecule has 0 unspecified atom stereocenters. The summed E-state index contributed by atoms with van der Waals surface area (Å²) in [7, 11) is 0. The summed E-state index contributed by atoms with van der Waals surface area (Å²) < 4.78 is 0. The molecule has 0 spiro atoms. The minimum atomic E-state index is 0.621. The van der Waals surface area contributed by atoms with Gasteiger partial charge in [-0.05, 0) is 49.0 Å². The van der Waals surface area contributed by atoms with Crippen molar-refractivity contribution in [3.05, 3.63) is 22.9 Å². The molecule has 18 heavy (non-hydrogen) atoms. The molecule has 1 aliphatic rings. The molecule has 1 heterocycles. The van der Waals surface area contributed by atoms with E-state index < -0.39 is 0 Å². The van der Waals surface area contributed by atoms with Crippen molar-refractivity contribution in [2.45, 2.75) is 63.4 Å². The fourth-order valence-corrected chi connectivity index (χ4v) is 3.50. The van der Waals surface area contributed by atoms with E-state index in [1.165, 1.54) is 66.1 Å². The third-order valence-electron chi connectivity index (χ3n) is 3.55. The van der Waals surface area contributed by atoms with Gasteiger partial charge in [-0.15, -0.1) is 11.8 Å².